The van der Waals surface area contributed by atoms with Crippen LogP contribution in [0.4, 0.5) is 0 Å². The fraction of sp³-hybridized carbons (Fsp3) is 0.333. The number of esters is 1. The molecule has 1 aliphatic heterocycles. The van der Waals surface area contributed by atoms with Gasteiger partial charge in [0.2, 0.25) is 10.0 Å². The van der Waals surface area contributed by atoms with E-state index in [0.717, 1.165) is 12.8 Å². The molecule has 0 atom stereocenters. The molecule has 0 bridgehead atoms. The van der Waals surface area contributed by atoms with Crippen LogP contribution in [0, 0.1) is 0 Å². The van der Waals surface area contributed by atoms with Gasteiger partial charge < -0.3 is 14.2 Å². The van der Waals surface area contributed by atoms with E-state index >= 15 is 0 Å². The smallest absolute Gasteiger partial charge is 0.338 e. The lowest BCUT2D eigenvalue weighted by Gasteiger charge is -2.15. The molecule has 0 aliphatic carbocycles. The number of methoxy groups -OCH3 is 2. The van der Waals surface area contributed by atoms with Gasteiger partial charge in [0, 0.05) is 18.7 Å². The Labute approximate surface area is 175 Å². The van der Waals surface area contributed by atoms with E-state index in [1.165, 1.54) is 48.9 Å². The summed E-state index contributed by atoms with van der Waals surface area (Å²) < 4.78 is 41.9. The van der Waals surface area contributed by atoms with Crippen LogP contribution >= 0.6 is 0 Å². The SMILES string of the molecule is COc1ccc(C(=O)COC(=O)c2ccc(S(=O)(=O)N3CCCC3)cc2)cc1OC. The van der Waals surface area contributed by atoms with E-state index in [4.69, 9.17) is 14.2 Å². The van der Waals surface area contributed by atoms with Crippen LogP contribution in [-0.2, 0) is 14.8 Å². The van der Waals surface area contributed by atoms with Crippen LogP contribution in [0.2, 0.25) is 0 Å². The Morgan fingerprint density at radius 3 is 2.10 bits per heavy atom. The van der Waals surface area contributed by atoms with Crippen molar-refractivity contribution in [3.63, 3.8) is 0 Å². The van der Waals surface area contributed by atoms with Crippen LogP contribution < -0.4 is 9.47 Å². The van der Waals surface area contributed by atoms with Crippen molar-refractivity contribution in [1.82, 2.24) is 4.31 Å². The van der Waals surface area contributed by atoms with Gasteiger partial charge in [-0.05, 0) is 55.3 Å². The zero-order valence-electron chi connectivity index (χ0n) is 16.8. The van der Waals surface area contributed by atoms with E-state index < -0.39 is 28.4 Å². The van der Waals surface area contributed by atoms with Crippen molar-refractivity contribution >= 4 is 21.8 Å². The van der Waals surface area contributed by atoms with Gasteiger partial charge in [0.1, 0.15) is 0 Å². The first kappa shape index (κ1) is 21.8. The van der Waals surface area contributed by atoms with E-state index in [-0.39, 0.29) is 10.5 Å². The second-order valence-corrected chi connectivity index (χ2v) is 8.64. The molecule has 1 aliphatic rings. The minimum absolute atomic E-state index is 0.127. The van der Waals surface area contributed by atoms with Gasteiger partial charge in [-0.15, -0.1) is 0 Å². The summed E-state index contributed by atoms with van der Waals surface area (Å²) in [6.07, 6.45) is 1.69. The monoisotopic (exact) mass is 433 g/mol. The van der Waals surface area contributed by atoms with E-state index in [1.807, 2.05) is 0 Å². The number of benzene rings is 2. The lowest BCUT2D eigenvalue weighted by atomic mass is 10.1. The topological polar surface area (TPSA) is 99.2 Å². The number of rotatable bonds is 8. The summed E-state index contributed by atoms with van der Waals surface area (Å²) in [4.78, 5) is 24.7. The number of hydrogen-bond acceptors (Lipinski definition) is 7. The van der Waals surface area contributed by atoms with Crippen molar-refractivity contribution in [1.29, 1.82) is 0 Å². The van der Waals surface area contributed by atoms with Gasteiger partial charge in [-0.2, -0.15) is 4.31 Å². The number of nitrogens with zero attached hydrogens (tertiary/aromatic N) is 1. The standard InChI is InChI=1S/C21H23NO7S/c1-27-19-10-7-16(13-20(19)28-2)18(23)14-29-21(24)15-5-8-17(9-6-15)30(25,26)22-11-3-4-12-22/h5-10,13H,3-4,11-12,14H2,1-2H3. The lowest BCUT2D eigenvalue weighted by molar-refractivity contribution is 0.0474. The average Bonchev–Trinajstić information content (AvgIpc) is 3.32. The average molecular weight is 433 g/mol. The molecule has 0 saturated carbocycles. The number of ketones is 1. The molecule has 160 valence electrons. The third-order valence-electron chi connectivity index (χ3n) is 4.83. The van der Waals surface area contributed by atoms with Gasteiger partial charge in [0.15, 0.2) is 23.9 Å². The highest BCUT2D eigenvalue weighted by Gasteiger charge is 2.27. The Hall–Kier alpha value is -2.91. The molecule has 1 heterocycles. The number of hydrogen-bond donors (Lipinski definition) is 0. The first-order chi connectivity index (χ1) is 14.4. The molecule has 2 aromatic rings. The minimum Gasteiger partial charge on any atom is -0.493 e. The molecule has 9 heteroatoms. The lowest BCUT2D eigenvalue weighted by Crippen LogP contribution is -2.27. The Morgan fingerprint density at radius 2 is 1.50 bits per heavy atom. The molecule has 0 N–H and O–H groups in total. The molecular formula is C21H23NO7S. The number of ether oxygens (including phenoxy) is 3. The molecule has 0 radical (unpaired) electrons. The zero-order valence-corrected chi connectivity index (χ0v) is 17.6. The predicted molar refractivity (Wildman–Crippen MR) is 109 cm³/mol. The van der Waals surface area contributed by atoms with Gasteiger partial charge in [-0.1, -0.05) is 0 Å². The first-order valence-electron chi connectivity index (χ1n) is 9.39. The summed E-state index contributed by atoms with van der Waals surface area (Å²) in [5, 5.41) is 0. The van der Waals surface area contributed by atoms with E-state index in [9.17, 15) is 18.0 Å². The van der Waals surface area contributed by atoms with Crippen molar-refractivity contribution in [2.24, 2.45) is 0 Å². The van der Waals surface area contributed by atoms with E-state index in [0.29, 0.717) is 30.2 Å². The molecule has 30 heavy (non-hydrogen) atoms. The van der Waals surface area contributed by atoms with Gasteiger partial charge in [-0.25, -0.2) is 13.2 Å². The Kier molecular flexibility index (Phi) is 6.73. The number of Topliss-reactive ketones (excluding diaryl/α,β-unsaturated/α-hetero) is 1. The fourth-order valence-corrected chi connectivity index (χ4v) is 4.67. The van der Waals surface area contributed by atoms with E-state index in [2.05, 4.69) is 0 Å². The third kappa shape index (κ3) is 4.63. The van der Waals surface area contributed by atoms with Crippen molar-refractivity contribution in [2.45, 2.75) is 17.7 Å². The molecule has 8 nitrogen and oxygen atoms in total. The molecule has 0 unspecified atom stereocenters. The van der Waals surface area contributed by atoms with E-state index in [1.54, 1.807) is 12.1 Å². The van der Waals surface area contributed by atoms with Crippen molar-refractivity contribution < 1.29 is 32.2 Å². The fourth-order valence-electron chi connectivity index (χ4n) is 3.15. The van der Waals surface area contributed by atoms with Gasteiger partial charge in [-0.3, -0.25) is 4.79 Å². The Balaban J connectivity index is 1.63. The molecule has 3 rings (SSSR count). The van der Waals surface area contributed by atoms with Crippen LogP contribution in [0.15, 0.2) is 47.4 Å². The number of carbonyl (C=O) groups is 2. The van der Waals surface area contributed by atoms with Crippen LogP contribution in [0.5, 0.6) is 11.5 Å². The van der Waals surface area contributed by atoms with Crippen LogP contribution in [-0.4, -0.2) is 58.4 Å². The van der Waals surface area contributed by atoms with Crippen LogP contribution in [0.1, 0.15) is 33.6 Å². The minimum atomic E-state index is -3.55. The highest BCUT2D eigenvalue weighted by atomic mass is 32.2. The van der Waals surface area contributed by atoms with Crippen molar-refractivity contribution in [3.8, 4) is 11.5 Å². The Morgan fingerprint density at radius 1 is 0.900 bits per heavy atom. The quantitative estimate of drug-likeness (QED) is 0.466. The summed E-state index contributed by atoms with van der Waals surface area (Å²) in [6, 6.07) is 10.2. The summed E-state index contributed by atoms with van der Waals surface area (Å²) in [7, 11) is -0.603. The normalized spacial score (nSPS) is 14.3. The summed E-state index contributed by atoms with van der Waals surface area (Å²) in [6.45, 7) is 0.552. The zero-order chi connectivity index (χ0) is 21.7. The summed E-state index contributed by atoms with van der Waals surface area (Å²) in [5.41, 5.74) is 0.475. The van der Waals surface area contributed by atoms with Crippen molar-refractivity contribution in [2.75, 3.05) is 33.9 Å². The number of sulfonamides is 1. The largest absolute Gasteiger partial charge is 0.493 e. The maximum atomic E-state index is 12.5. The summed E-state index contributed by atoms with van der Waals surface area (Å²) >= 11 is 0. The molecule has 0 aromatic heterocycles. The summed E-state index contributed by atoms with van der Waals surface area (Å²) in [5.74, 6) is -0.244. The van der Waals surface area contributed by atoms with Gasteiger partial charge in [0.25, 0.3) is 0 Å². The van der Waals surface area contributed by atoms with Gasteiger partial charge in [0.05, 0.1) is 24.7 Å². The number of carbonyl (C=O) groups excluding carboxylic acids is 2. The molecule has 1 saturated heterocycles. The molecule has 0 spiro atoms. The first-order valence-corrected chi connectivity index (χ1v) is 10.8. The molecule has 1 fully saturated rings. The highest BCUT2D eigenvalue weighted by Crippen LogP contribution is 2.27. The molecular weight excluding hydrogens is 410 g/mol. The second kappa shape index (κ2) is 9.27. The maximum absolute atomic E-state index is 12.5. The van der Waals surface area contributed by atoms with Crippen molar-refractivity contribution in [3.05, 3.63) is 53.6 Å². The molecule has 2 aromatic carbocycles. The maximum Gasteiger partial charge on any atom is 0.338 e. The van der Waals surface area contributed by atoms with Crippen LogP contribution in [0.25, 0.3) is 0 Å². The molecule has 0 amide bonds. The predicted octanol–water partition coefficient (Wildman–Crippen LogP) is 2.53. The second-order valence-electron chi connectivity index (χ2n) is 6.70. The van der Waals surface area contributed by atoms with Gasteiger partial charge >= 0.3 is 5.97 Å². The highest BCUT2D eigenvalue weighted by molar-refractivity contribution is 7.89. The Bertz CT molecular complexity index is 1030. The van der Waals surface area contributed by atoms with Crippen LogP contribution in [0.3, 0.4) is 0 Å². The third-order valence-corrected chi connectivity index (χ3v) is 6.75.